The van der Waals surface area contributed by atoms with Crippen LogP contribution in [0.5, 0.6) is 0 Å². The largest absolute Gasteiger partial charge is 0.358 e. The molecule has 0 bridgehead atoms. The number of rotatable bonds is 2. The van der Waals surface area contributed by atoms with E-state index >= 15 is 0 Å². The van der Waals surface area contributed by atoms with Gasteiger partial charge in [0.05, 0.1) is 0 Å². The summed E-state index contributed by atoms with van der Waals surface area (Å²) in [6.45, 7) is 0.688. The third-order valence-corrected chi connectivity index (χ3v) is 2.78. The number of carbonyl (C=O) groups is 1. The van der Waals surface area contributed by atoms with E-state index in [4.69, 9.17) is 27.9 Å². The number of halogens is 2. The molecule has 1 aromatic carbocycles. The van der Waals surface area contributed by atoms with Crippen molar-refractivity contribution in [3.05, 3.63) is 28.2 Å². The van der Waals surface area contributed by atoms with Crippen LogP contribution in [0.25, 0.3) is 0 Å². The van der Waals surface area contributed by atoms with Crippen LogP contribution in [0.3, 0.4) is 0 Å². The zero-order valence-electron chi connectivity index (χ0n) is 9.00. The number of nitrogens with one attached hydrogen (secondary N) is 2. The van der Waals surface area contributed by atoms with Gasteiger partial charge in [-0.25, -0.2) is 4.79 Å². The zero-order chi connectivity index (χ0) is 12.3. The number of hydrogen-bond acceptors (Lipinski definition) is 2. The van der Waals surface area contributed by atoms with Gasteiger partial charge in [0.2, 0.25) is 0 Å². The number of amides is 2. The van der Waals surface area contributed by atoms with Gasteiger partial charge in [0.25, 0.3) is 0 Å². The number of hydrogen-bond donors (Lipinski definition) is 2. The van der Waals surface area contributed by atoms with E-state index in [9.17, 15) is 4.79 Å². The predicted octanol–water partition coefficient (Wildman–Crippen LogP) is 3.25. The van der Waals surface area contributed by atoms with Crippen molar-refractivity contribution in [2.24, 2.45) is 0 Å². The summed E-state index contributed by atoms with van der Waals surface area (Å²) in [5.41, 5.74) is 0.554. The standard InChI is InChI=1S/C11H12Cl2N2O2/c12-7-4-8(13)6-9(5-7)14-11(16)15-10-2-1-3-17-10/h4-6,10H,1-3H2,(H2,14,15,16). The van der Waals surface area contributed by atoms with Crippen molar-refractivity contribution in [3.63, 3.8) is 0 Å². The van der Waals surface area contributed by atoms with Crippen LogP contribution in [0, 0.1) is 0 Å². The maximum absolute atomic E-state index is 11.6. The molecule has 1 heterocycles. The highest BCUT2D eigenvalue weighted by atomic mass is 35.5. The maximum Gasteiger partial charge on any atom is 0.321 e. The molecule has 2 amide bonds. The molecular formula is C11H12Cl2N2O2. The molecule has 1 unspecified atom stereocenters. The molecule has 1 fully saturated rings. The van der Waals surface area contributed by atoms with E-state index in [1.54, 1.807) is 18.2 Å². The van der Waals surface area contributed by atoms with Gasteiger partial charge in [0.1, 0.15) is 6.23 Å². The Morgan fingerprint density at radius 2 is 2.00 bits per heavy atom. The molecule has 6 heteroatoms. The molecule has 0 aliphatic carbocycles. The molecule has 1 aromatic rings. The van der Waals surface area contributed by atoms with E-state index in [1.165, 1.54) is 0 Å². The summed E-state index contributed by atoms with van der Waals surface area (Å²) in [7, 11) is 0. The van der Waals surface area contributed by atoms with Gasteiger partial charge in [0.15, 0.2) is 0 Å². The van der Waals surface area contributed by atoms with Crippen LogP contribution in [0.15, 0.2) is 18.2 Å². The average Bonchev–Trinajstić information content (AvgIpc) is 2.67. The Labute approximate surface area is 109 Å². The molecule has 2 rings (SSSR count). The Morgan fingerprint density at radius 1 is 1.29 bits per heavy atom. The van der Waals surface area contributed by atoms with Crippen molar-refractivity contribution in [1.29, 1.82) is 0 Å². The minimum absolute atomic E-state index is 0.204. The summed E-state index contributed by atoms with van der Waals surface area (Å²) in [6, 6.07) is 4.53. The number of ether oxygens (including phenoxy) is 1. The van der Waals surface area contributed by atoms with E-state index in [0.717, 1.165) is 12.8 Å². The summed E-state index contributed by atoms with van der Waals surface area (Å²) >= 11 is 11.6. The molecule has 0 spiro atoms. The van der Waals surface area contributed by atoms with Gasteiger partial charge in [-0.1, -0.05) is 23.2 Å². The fraction of sp³-hybridized carbons (Fsp3) is 0.364. The van der Waals surface area contributed by atoms with Crippen LogP contribution >= 0.6 is 23.2 Å². The van der Waals surface area contributed by atoms with E-state index in [2.05, 4.69) is 10.6 Å². The highest BCUT2D eigenvalue weighted by Crippen LogP contribution is 2.22. The number of carbonyl (C=O) groups excluding carboxylic acids is 1. The molecule has 17 heavy (non-hydrogen) atoms. The first kappa shape index (κ1) is 12.5. The van der Waals surface area contributed by atoms with Crippen LogP contribution in [-0.2, 0) is 4.74 Å². The maximum atomic E-state index is 11.6. The van der Waals surface area contributed by atoms with E-state index in [0.29, 0.717) is 22.3 Å². The van der Waals surface area contributed by atoms with E-state index in [-0.39, 0.29) is 12.3 Å². The third kappa shape index (κ3) is 3.77. The molecule has 4 nitrogen and oxygen atoms in total. The Balaban J connectivity index is 1.92. The van der Waals surface area contributed by atoms with Crippen LogP contribution < -0.4 is 10.6 Å². The molecule has 0 aromatic heterocycles. The molecule has 1 aliphatic heterocycles. The lowest BCUT2D eigenvalue weighted by molar-refractivity contribution is 0.0928. The lowest BCUT2D eigenvalue weighted by Gasteiger charge is -2.13. The van der Waals surface area contributed by atoms with Crippen LogP contribution in [-0.4, -0.2) is 18.9 Å². The van der Waals surface area contributed by atoms with Crippen molar-refractivity contribution >= 4 is 34.9 Å². The summed E-state index contributed by atoms with van der Waals surface area (Å²) < 4.78 is 5.28. The first-order valence-corrected chi connectivity index (χ1v) is 6.04. The molecular weight excluding hydrogens is 263 g/mol. The van der Waals surface area contributed by atoms with Gasteiger partial charge in [-0.2, -0.15) is 0 Å². The summed E-state index contributed by atoms with van der Waals surface area (Å²) in [5, 5.41) is 6.31. The monoisotopic (exact) mass is 274 g/mol. The fourth-order valence-electron chi connectivity index (χ4n) is 1.63. The number of benzene rings is 1. The van der Waals surface area contributed by atoms with Crippen molar-refractivity contribution in [2.45, 2.75) is 19.1 Å². The van der Waals surface area contributed by atoms with Crippen molar-refractivity contribution in [2.75, 3.05) is 11.9 Å². The van der Waals surface area contributed by atoms with E-state index in [1.807, 2.05) is 0 Å². The highest BCUT2D eigenvalue weighted by Gasteiger charge is 2.17. The Kier molecular flexibility index (Phi) is 4.10. The minimum atomic E-state index is -0.324. The van der Waals surface area contributed by atoms with Crippen LogP contribution in [0.1, 0.15) is 12.8 Å². The topological polar surface area (TPSA) is 50.4 Å². The Hall–Kier alpha value is -0.970. The average molecular weight is 275 g/mol. The van der Waals surface area contributed by atoms with Crippen LogP contribution in [0.4, 0.5) is 10.5 Å². The third-order valence-electron chi connectivity index (χ3n) is 2.34. The summed E-state index contributed by atoms with van der Waals surface area (Å²) in [6.07, 6.45) is 1.60. The van der Waals surface area contributed by atoms with Gasteiger partial charge in [0, 0.05) is 22.3 Å². The van der Waals surface area contributed by atoms with Gasteiger partial charge < -0.3 is 15.4 Å². The second-order valence-electron chi connectivity index (χ2n) is 3.76. The quantitative estimate of drug-likeness (QED) is 0.870. The van der Waals surface area contributed by atoms with Gasteiger partial charge in [-0.05, 0) is 31.0 Å². The van der Waals surface area contributed by atoms with Crippen molar-refractivity contribution in [3.8, 4) is 0 Å². The van der Waals surface area contributed by atoms with Crippen molar-refractivity contribution in [1.82, 2.24) is 5.32 Å². The van der Waals surface area contributed by atoms with Gasteiger partial charge in [-0.15, -0.1) is 0 Å². The normalized spacial score (nSPS) is 19.1. The summed E-state index contributed by atoms with van der Waals surface area (Å²) in [5.74, 6) is 0. The Bertz CT molecular complexity index is 400. The highest BCUT2D eigenvalue weighted by molar-refractivity contribution is 6.35. The van der Waals surface area contributed by atoms with Gasteiger partial charge in [-0.3, -0.25) is 0 Å². The molecule has 2 N–H and O–H groups in total. The molecule has 0 saturated carbocycles. The molecule has 92 valence electrons. The first-order chi connectivity index (χ1) is 8.13. The molecule has 0 radical (unpaired) electrons. The molecule has 1 saturated heterocycles. The smallest absolute Gasteiger partial charge is 0.321 e. The second kappa shape index (κ2) is 5.58. The Morgan fingerprint density at radius 3 is 2.59 bits per heavy atom. The zero-order valence-corrected chi connectivity index (χ0v) is 10.5. The van der Waals surface area contributed by atoms with Crippen molar-refractivity contribution < 1.29 is 9.53 Å². The SMILES string of the molecule is O=C(Nc1cc(Cl)cc(Cl)c1)NC1CCCO1. The fourth-order valence-corrected chi connectivity index (χ4v) is 2.16. The first-order valence-electron chi connectivity index (χ1n) is 5.29. The van der Waals surface area contributed by atoms with Crippen LogP contribution in [0.2, 0.25) is 10.0 Å². The lowest BCUT2D eigenvalue weighted by atomic mass is 10.3. The predicted molar refractivity (Wildman–Crippen MR) is 67.6 cm³/mol. The number of anilines is 1. The van der Waals surface area contributed by atoms with E-state index < -0.39 is 0 Å². The van der Waals surface area contributed by atoms with Gasteiger partial charge >= 0.3 is 6.03 Å². The lowest BCUT2D eigenvalue weighted by Crippen LogP contribution is -2.37. The molecule has 1 atom stereocenters. The molecule has 1 aliphatic rings. The summed E-state index contributed by atoms with van der Waals surface area (Å²) in [4.78, 5) is 11.6. The minimum Gasteiger partial charge on any atom is -0.358 e. The second-order valence-corrected chi connectivity index (χ2v) is 4.63. The number of urea groups is 1.